The van der Waals surface area contributed by atoms with Gasteiger partial charge < -0.3 is 5.11 Å². The molecule has 1 heterocycles. The van der Waals surface area contributed by atoms with Crippen LogP contribution in [0.2, 0.25) is 0 Å². The van der Waals surface area contributed by atoms with Gasteiger partial charge in [0.25, 0.3) is 0 Å². The van der Waals surface area contributed by atoms with Gasteiger partial charge in [0.1, 0.15) is 0 Å². The Kier molecular flexibility index (Phi) is 4.49. The molecule has 1 aromatic carbocycles. The van der Waals surface area contributed by atoms with Crippen molar-refractivity contribution in [1.82, 2.24) is 9.78 Å². The molecule has 0 aliphatic carbocycles. The molecule has 0 amide bonds. The summed E-state index contributed by atoms with van der Waals surface area (Å²) in [6.07, 6.45) is -0.0801. The third-order valence-corrected chi connectivity index (χ3v) is 3.32. The van der Waals surface area contributed by atoms with E-state index in [9.17, 15) is 13.9 Å². The van der Waals surface area contributed by atoms with E-state index in [4.69, 9.17) is 0 Å². The smallest absolute Gasteiger partial charge is 0.164 e. The van der Waals surface area contributed by atoms with Gasteiger partial charge in [-0.25, -0.2) is 8.78 Å². The molecule has 2 rings (SSSR count). The number of aliphatic hydroxyl groups is 1. The highest BCUT2D eigenvalue weighted by Gasteiger charge is 2.18. The molecule has 20 heavy (non-hydrogen) atoms. The number of aliphatic hydroxyl groups excluding tert-OH is 1. The van der Waals surface area contributed by atoms with E-state index < -0.39 is 17.7 Å². The molecule has 0 spiro atoms. The van der Waals surface area contributed by atoms with Crippen molar-refractivity contribution < 1.29 is 13.9 Å². The molecule has 0 bridgehead atoms. The number of benzene rings is 1. The minimum atomic E-state index is -1.09. The van der Waals surface area contributed by atoms with Crippen LogP contribution >= 0.6 is 0 Å². The lowest BCUT2D eigenvalue weighted by Gasteiger charge is -2.13. The third-order valence-electron chi connectivity index (χ3n) is 3.32. The Balaban J connectivity index is 2.25. The fourth-order valence-corrected chi connectivity index (χ4v) is 2.21. The van der Waals surface area contributed by atoms with E-state index in [2.05, 4.69) is 5.10 Å². The van der Waals surface area contributed by atoms with E-state index >= 15 is 0 Å². The van der Waals surface area contributed by atoms with Crippen LogP contribution in [-0.2, 0) is 19.4 Å². The summed E-state index contributed by atoms with van der Waals surface area (Å²) in [6, 6.07) is 5.73. The predicted octanol–water partition coefficient (Wildman–Crippen LogP) is 3.02. The Bertz CT molecular complexity index is 596. The lowest BCUT2D eigenvalue weighted by atomic mass is 10.0. The highest BCUT2D eigenvalue weighted by molar-refractivity contribution is 5.23. The number of halogens is 2. The summed E-state index contributed by atoms with van der Waals surface area (Å²) in [7, 11) is 0. The van der Waals surface area contributed by atoms with Gasteiger partial charge in [-0.1, -0.05) is 19.1 Å². The first-order valence-electron chi connectivity index (χ1n) is 6.74. The molecule has 1 unspecified atom stereocenters. The first-order chi connectivity index (χ1) is 9.56. The Labute approximate surface area is 116 Å². The molecular formula is C15H18F2N2O. The number of rotatable bonds is 5. The second-order valence-electron chi connectivity index (χ2n) is 4.66. The second-order valence-corrected chi connectivity index (χ2v) is 4.66. The molecule has 3 nitrogen and oxygen atoms in total. The van der Waals surface area contributed by atoms with Crippen LogP contribution in [0.3, 0.4) is 0 Å². The van der Waals surface area contributed by atoms with Crippen LogP contribution in [0.5, 0.6) is 0 Å². The molecule has 108 valence electrons. The summed E-state index contributed by atoms with van der Waals surface area (Å²) < 4.78 is 28.6. The molecule has 0 aliphatic heterocycles. The lowest BCUT2D eigenvalue weighted by molar-refractivity contribution is 0.169. The normalized spacial score (nSPS) is 12.7. The fraction of sp³-hybridized carbons (Fsp3) is 0.400. The molecule has 2 aromatic rings. The number of aromatic nitrogens is 2. The van der Waals surface area contributed by atoms with Crippen LogP contribution in [0.1, 0.15) is 36.9 Å². The van der Waals surface area contributed by atoms with E-state index in [0.29, 0.717) is 6.54 Å². The standard InChI is InChI=1S/C15H18F2N2O/c1-3-10-8-11(19(4-2)18-10)9-14(20)12-6-5-7-13(16)15(12)17/h5-8,14,20H,3-4,9H2,1-2H3. The topological polar surface area (TPSA) is 38.0 Å². The first kappa shape index (κ1) is 14.7. The number of hydrogen-bond acceptors (Lipinski definition) is 2. The van der Waals surface area contributed by atoms with Gasteiger partial charge >= 0.3 is 0 Å². The van der Waals surface area contributed by atoms with Crippen LogP contribution < -0.4 is 0 Å². The van der Waals surface area contributed by atoms with E-state index in [-0.39, 0.29) is 12.0 Å². The summed E-state index contributed by atoms with van der Waals surface area (Å²) in [6.45, 7) is 4.62. The van der Waals surface area contributed by atoms with E-state index in [1.54, 1.807) is 4.68 Å². The van der Waals surface area contributed by atoms with Gasteiger partial charge in [0.2, 0.25) is 0 Å². The summed E-state index contributed by atoms with van der Waals surface area (Å²) in [5.41, 5.74) is 1.72. The lowest BCUT2D eigenvalue weighted by Crippen LogP contribution is -2.10. The van der Waals surface area contributed by atoms with Crippen LogP contribution in [0, 0.1) is 11.6 Å². The van der Waals surface area contributed by atoms with E-state index in [1.165, 1.54) is 12.1 Å². The Hall–Kier alpha value is -1.75. The fourth-order valence-electron chi connectivity index (χ4n) is 2.21. The molecule has 0 saturated carbocycles. The van der Waals surface area contributed by atoms with Crippen molar-refractivity contribution in [2.75, 3.05) is 0 Å². The highest BCUT2D eigenvalue weighted by Crippen LogP contribution is 2.23. The third kappa shape index (κ3) is 2.88. The van der Waals surface area contributed by atoms with Gasteiger partial charge in [-0.3, -0.25) is 4.68 Å². The SMILES string of the molecule is CCc1cc(CC(O)c2cccc(F)c2F)n(CC)n1. The van der Waals surface area contributed by atoms with Gasteiger partial charge in [-0.15, -0.1) is 0 Å². The number of aryl methyl sites for hydroxylation is 2. The van der Waals surface area contributed by atoms with Crippen molar-refractivity contribution >= 4 is 0 Å². The van der Waals surface area contributed by atoms with Crippen LogP contribution in [0.4, 0.5) is 8.78 Å². The van der Waals surface area contributed by atoms with E-state index in [0.717, 1.165) is 23.9 Å². The summed E-state index contributed by atoms with van der Waals surface area (Å²) in [5.74, 6) is -1.93. The summed E-state index contributed by atoms with van der Waals surface area (Å²) in [4.78, 5) is 0. The number of nitrogens with zero attached hydrogens (tertiary/aromatic N) is 2. The van der Waals surface area contributed by atoms with E-state index in [1.807, 2.05) is 19.9 Å². The molecule has 0 aliphatic rings. The zero-order valence-electron chi connectivity index (χ0n) is 11.6. The molecule has 0 radical (unpaired) electrons. The Morgan fingerprint density at radius 3 is 2.70 bits per heavy atom. The quantitative estimate of drug-likeness (QED) is 0.914. The van der Waals surface area contributed by atoms with Gasteiger partial charge in [-0.2, -0.15) is 5.10 Å². The van der Waals surface area contributed by atoms with Gasteiger partial charge in [0.05, 0.1) is 11.8 Å². The highest BCUT2D eigenvalue weighted by atomic mass is 19.2. The molecule has 0 fully saturated rings. The second kappa shape index (κ2) is 6.13. The van der Waals surface area contributed by atoms with Crippen LogP contribution in [0.25, 0.3) is 0 Å². The van der Waals surface area contributed by atoms with Crippen molar-refractivity contribution in [3.63, 3.8) is 0 Å². The Morgan fingerprint density at radius 2 is 2.05 bits per heavy atom. The maximum atomic E-state index is 13.7. The molecule has 1 aromatic heterocycles. The van der Waals surface area contributed by atoms with Crippen molar-refractivity contribution in [1.29, 1.82) is 0 Å². The van der Waals surface area contributed by atoms with Crippen LogP contribution in [-0.4, -0.2) is 14.9 Å². The average Bonchev–Trinajstić information content (AvgIpc) is 2.84. The maximum absolute atomic E-state index is 13.7. The summed E-state index contributed by atoms with van der Waals surface area (Å²) in [5, 5.41) is 14.5. The zero-order valence-corrected chi connectivity index (χ0v) is 11.6. The minimum absolute atomic E-state index is 0.0214. The zero-order chi connectivity index (χ0) is 14.7. The number of hydrogen-bond donors (Lipinski definition) is 1. The van der Waals surface area contributed by atoms with Crippen molar-refractivity contribution in [2.24, 2.45) is 0 Å². The molecule has 5 heteroatoms. The van der Waals surface area contributed by atoms with Crippen molar-refractivity contribution in [3.05, 3.63) is 52.9 Å². The molecular weight excluding hydrogens is 262 g/mol. The predicted molar refractivity (Wildman–Crippen MR) is 72.3 cm³/mol. The molecule has 1 atom stereocenters. The Morgan fingerprint density at radius 1 is 1.30 bits per heavy atom. The minimum Gasteiger partial charge on any atom is -0.388 e. The van der Waals surface area contributed by atoms with Gasteiger partial charge in [0, 0.05) is 24.2 Å². The van der Waals surface area contributed by atoms with Gasteiger partial charge in [0.15, 0.2) is 11.6 Å². The van der Waals surface area contributed by atoms with Gasteiger partial charge in [-0.05, 0) is 25.5 Å². The average molecular weight is 280 g/mol. The molecule has 0 saturated heterocycles. The monoisotopic (exact) mass is 280 g/mol. The van der Waals surface area contributed by atoms with Crippen molar-refractivity contribution in [3.8, 4) is 0 Å². The van der Waals surface area contributed by atoms with Crippen LogP contribution in [0.15, 0.2) is 24.3 Å². The maximum Gasteiger partial charge on any atom is 0.164 e. The largest absolute Gasteiger partial charge is 0.388 e. The summed E-state index contributed by atoms with van der Waals surface area (Å²) >= 11 is 0. The first-order valence-corrected chi connectivity index (χ1v) is 6.74. The molecule has 1 N–H and O–H groups in total. The van der Waals surface area contributed by atoms with Crippen molar-refractivity contribution in [2.45, 2.75) is 39.3 Å².